The van der Waals surface area contributed by atoms with Crippen LogP contribution in [-0.4, -0.2) is 12.6 Å². The highest BCUT2D eigenvalue weighted by Crippen LogP contribution is 2.49. The number of hydrogen-bond donors (Lipinski definition) is 1. The first-order valence-corrected chi connectivity index (χ1v) is 7.39. The van der Waals surface area contributed by atoms with Gasteiger partial charge in [0, 0.05) is 15.5 Å². The predicted octanol–water partition coefficient (Wildman–Crippen LogP) is 4.42. The molecule has 1 fully saturated rings. The number of nitrogens with one attached hydrogen (secondary N) is 1. The van der Waals surface area contributed by atoms with Crippen molar-refractivity contribution in [2.24, 2.45) is 5.41 Å². The van der Waals surface area contributed by atoms with Gasteiger partial charge in [0.15, 0.2) is 0 Å². The topological polar surface area (TPSA) is 12.0 Å². The fourth-order valence-corrected chi connectivity index (χ4v) is 3.01. The summed E-state index contributed by atoms with van der Waals surface area (Å²) in [6, 6.07) is 6.73. The number of likely N-dealkylation sites (N-methyl/N-ethyl adjacent to an activating group) is 1. The Balaban J connectivity index is 2.11. The van der Waals surface area contributed by atoms with Crippen LogP contribution in [0.4, 0.5) is 0 Å². The first kappa shape index (κ1) is 13.4. The van der Waals surface area contributed by atoms with Crippen molar-refractivity contribution in [1.29, 1.82) is 0 Å². The Hall–Kier alpha value is -0.0500. The normalized spacial score (nSPS) is 19.1. The lowest BCUT2D eigenvalue weighted by Gasteiger charge is -2.25. The van der Waals surface area contributed by atoms with Crippen LogP contribution in [0, 0.1) is 5.41 Å². The van der Waals surface area contributed by atoms with Crippen molar-refractivity contribution >= 4 is 27.5 Å². The fourth-order valence-electron chi connectivity index (χ4n) is 2.26. The van der Waals surface area contributed by atoms with Gasteiger partial charge in [-0.1, -0.05) is 47.4 Å². The minimum absolute atomic E-state index is 0.479. The van der Waals surface area contributed by atoms with Gasteiger partial charge in [0.05, 0.1) is 0 Å². The van der Waals surface area contributed by atoms with Crippen LogP contribution >= 0.6 is 27.5 Å². The summed E-state index contributed by atoms with van der Waals surface area (Å²) in [7, 11) is 0. The second-order valence-electron chi connectivity index (χ2n) is 5.20. The van der Waals surface area contributed by atoms with Crippen LogP contribution in [0.25, 0.3) is 0 Å². The molecule has 1 aromatic carbocycles. The summed E-state index contributed by atoms with van der Waals surface area (Å²) < 4.78 is 1.05. The maximum atomic E-state index is 6.29. The van der Waals surface area contributed by atoms with Crippen molar-refractivity contribution < 1.29 is 0 Å². The van der Waals surface area contributed by atoms with E-state index in [0.717, 1.165) is 22.5 Å². The van der Waals surface area contributed by atoms with Crippen molar-refractivity contribution in [3.05, 3.63) is 33.3 Å². The van der Waals surface area contributed by atoms with Crippen molar-refractivity contribution in [2.75, 3.05) is 6.54 Å². The Bertz CT molecular complexity index is 401. The van der Waals surface area contributed by atoms with Crippen LogP contribution in [0.15, 0.2) is 22.7 Å². The number of hydrogen-bond acceptors (Lipinski definition) is 1. The molecule has 0 spiro atoms. The zero-order valence-electron chi connectivity index (χ0n) is 10.4. The highest BCUT2D eigenvalue weighted by Gasteiger charge is 2.44. The van der Waals surface area contributed by atoms with Gasteiger partial charge in [0.1, 0.15) is 0 Å². The zero-order chi connectivity index (χ0) is 12.5. The van der Waals surface area contributed by atoms with E-state index < -0.39 is 0 Å². The quantitative estimate of drug-likeness (QED) is 0.847. The van der Waals surface area contributed by atoms with E-state index in [1.165, 1.54) is 18.4 Å². The molecule has 94 valence electrons. The number of halogens is 2. The largest absolute Gasteiger partial charge is 0.313 e. The Morgan fingerprint density at radius 1 is 1.47 bits per heavy atom. The van der Waals surface area contributed by atoms with Crippen LogP contribution in [0.2, 0.25) is 5.02 Å². The van der Waals surface area contributed by atoms with Gasteiger partial charge < -0.3 is 5.32 Å². The van der Waals surface area contributed by atoms with E-state index in [1.807, 2.05) is 6.07 Å². The minimum Gasteiger partial charge on any atom is -0.313 e. The molecule has 1 atom stereocenters. The lowest BCUT2D eigenvalue weighted by Crippen LogP contribution is -2.38. The van der Waals surface area contributed by atoms with Gasteiger partial charge in [-0.05, 0) is 48.9 Å². The second kappa shape index (κ2) is 5.29. The average molecular weight is 317 g/mol. The third-order valence-corrected chi connectivity index (χ3v) is 4.61. The number of rotatable bonds is 5. The molecule has 1 aliphatic carbocycles. The molecule has 0 heterocycles. The van der Waals surface area contributed by atoms with E-state index in [9.17, 15) is 0 Å². The zero-order valence-corrected chi connectivity index (χ0v) is 12.7. The van der Waals surface area contributed by atoms with Gasteiger partial charge in [-0.2, -0.15) is 0 Å². The molecule has 0 saturated heterocycles. The molecule has 0 radical (unpaired) electrons. The highest BCUT2D eigenvalue weighted by molar-refractivity contribution is 9.10. The van der Waals surface area contributed by atoms with Crippen LogP contribution in [0.5, 0.6) is 0 Å². The van der Waals surface area contributed by atoms with E-state index in [-0.39, 0.29) is 0 Å². The summed E-state index contributed by atoms with van der Waals surface area (Å²) in [5, 5.41) is 4.47. The monoisotopic (exact) mass is 315 g/mol. The third kappa shape index (κ3) is 3.24. The first-order chi connectivity index (χ1) is 8.05. The smallest absolute Gasteiger partial charge is 0.0449 e. The highest BCUT2D eigenvalue weighted by atomic mass is 79.9. The molecule has 1 aromatic rings. The van der Waals surface area contributed by atoms with E-state index in [2.05, 4.69) is 47.2 Å². The lowest BCUT2D eigenvalue weighted by molar-refractivity contribution is 0.360. The van der Waals surface area contributed by atoms with Crippen LogP contribution in [-0.2, 0) is 6.42 Å². The van der Waals surface area contributed by atoms with E-state index in [4.69, 9.17) is 11.6 Å². The standard InChI is InChI=1S/C14H19BrClN/c1-3-17-13(14(2)6-7-14)8-10-4-5-11(15)9-12(10)16/h4-5,9,13,17H,3,6-8H2,1-2H3. The van der Waals surface area contributed by atoms with Gasteiger partial charge in [-0.3, -0.25) is 0 Å². The lowest BCUT2D eigenvalue weighted by atomic mass is 9.92. The van der Waals surface area contributed by atoms with Crippen molar-refractivity contribution in [3.63, 3.8) is 0 Å². The van der Waals surface area contributed by atoms with Crippen molar-refractivity contribution in [3.8, 4) is 0 Å². The van der Waals surface area contributed by atoms with Gasteiger partial charge in [-0.15, -0.1) is 0 Å². The van der Waals surface area contributed by atoms with Crippen LogP contribution < -0.4 is 5.32 Å². The minimum atomic E-state index is 0.479. The summed E-state index contributed by atoms with van der Waals surface area (Å²) in [4.78, 5) is 0. The van der Waals surface area contributed by atoms with Gasteiger partial charge in [0.25, 0.3) is 0 Å². The SMILES string of the molecule is CCNC(Cc1ccc(Br)cc1Cl)C1(C)CC1. The molecule has 1 aliphatic rings. The molecular weight excluding hydrogens is 298 g/mol. The molecule has 0 bridgehead atoms. The maximum Gasteiger partial charge on any atom is 0.0449 e. The Labute approximate surface area is 117 Å². The summed E-state index contributed by atoms with van der Waals surface area (Å²) in [6.07, 6.45) is 3.69. The van der Waals surface area contributed by atoms with Crippen molar-refractivity contribution in [1.82, 2.24) is 5.32 Å². The van der Waals surface area contributed by atoms with E-state index >= 15 is 0 Å². The molecule has 2 rings (SSSR count). The summed E-state index contributed by atoms with van der Waals surface area (Å²) >= 11 is 9.73. The molecule has 17 heavy (non-hydrogen) atoms. The molecule has 3 heteroatoms. The first-order valence-electron chi connectivity index (χ1n) is 6.22. The molecule has 1 nitrogen and oxygen atoms in total. The Morgan fingerprint density at radius 3 is 2.71 bits per heavy atom. The fraction of sp³-hybridized carbons (Fsp3) is 0.571. The van der Waals surface area contributed by atoms with Gasteiger partial charge >= 0.3 is 0 Å². The molecule has 0 aromatic heterocycles. The van der Waals surface area contributed by atoms with Crippen LogP contribution in [0.1, 0.15) is 32.3 Å². The van der Waals surface area contributed by atoms with Crippen LogP contribution in [0.3, 0.4) is 0 Å². The molecule has 1 saturated carbocycles. The van der Waals surface area contributed by atoms with E-state index in [1.54, 1.807) is 0 Å². The van der Waals surface area contributed by atoms with Gasteiger partial charge in [-0.25, -0.2) is 0 Å². The third-order valence-electron chi connectivity index (χ3n) is 3.77. The maximum absolute atomic E-state index is 6.29. The molecular formula is C14H19BrClN. The Morgan fingerprint density at radius 2 is 2.18 bits per heavy atom. The number of benzene rings is 1. The Kier molecular flexibility index (Phi) is 4.17. The molecule has 0 amide bonds. The van der Waals surface area contributed by atoms with E-state index in [0.29, 0.717) is 11.5 Å². The average Bonchev–Trinajstić information content (AvgIpc) is 3.01. The van der Waals surface area contributed by atoms with Crippen molar-refractivity contribution in [2.45, 2.75) is 39.2 Å². The summed E-state index contributed by atoms with van der Waals surface area (Å²) in [6.45, 7) is 5.56. The van der Waals surface area contributed by atoms with Gasteiger partial charge in [0.2, 0.25) is 0 Å². The summed E-state index contributed by atoms with van der Waals surface area (Å²) in [5.41, 5.74) is 1.72. The molecule has 0 aliphatic heterocycles. The molecule has 1 unspecified atom stereocenters. The predicted molar refractivity (Wildman–Crippen MR) is 77.7 cm³/mol. The molecule has 1 N–H and O–H groups in total. The summed E-state index contributed by atoms with van der Waals surface area (Å²) in [5.74, 6) is 0. The second-order valence-corrected chi connectivity index (χ2v) is 6.53.